The van der Waals surface area contributed by atoms with Gasteiger partial charge in [-0.3, -0.25) is 0 Å². The summed E-state index contributed by atoms with van der Waals surface area (Å²) in [6, 6.07) is -1.39. The summed E-state index contributed by atoms with van der Waals surface area (Å²) < 4.78 is 5.38. The minimum Gasteiger partial charge on any atom is -0.480 e. The van der Waals surface area contributed by atoms with E-state index in [0.717, 1.165) is 0 Å². The topological polar surface area (TPSA) is 99.1 Å². The van der Waals surface area contributed by atoms with Crippen molar-refractivity contribution in [1.82, 2.24) is 10.2 Å². The predicted octanol–water partition coefficient (Wildman–Crippen LogP) is 0.279. The van der Waals surface area contributed by atoms with Gasteiger partial charge in [-0.05, 0) is 12.3 Å². The predicted molar refractivity (Wildman–Crippen MR) is 72.4 cm³/mol. The van der Waals surface area contributed by atoms with Crippen molar-refractivity contribution in [2.24, 2.45) is 5.92 Å². The van der Waals surface area contributed by atoms with E-state index in [2.05, 4.69) is 19.2 Å². The molecule has 1 heterocycles. The number of carbonyl (C=O) groups is 2. The quantitative estimate of drug-likeness (QED) is 0.584. The van der Waals surface area contributed by atoms with Gasteiger partial charge in [-0.1, -0.05) is 13.8 Å². The van der Waals surface area contributed by atoms with Crippen LogP contribution in [0.1, 0.15) is 26.7 Å². The number of carbonyl (C=O) groups excluding carboxylic acids is 1. The molecule has 7 nitrogen and oxygen atoms in total. The molecule has 0 bridgehead atoms. The monoisotopic (exact) mass is 288 g/mol. The molecule has 1 saturated heterocycles. The van der Waals surface area contributed by atoms with E-state index >= 15 is 0 Å². The van der Waals surface area contributed by atoms with Crippen LogP contribution in [0.2, 0.25) is 0 Å². The smallest absolute Gasteiger partial charge is 0.326 e. The Kier molecular flexibility index (Phi) is 6.74. The molecule has 0 aliphatic carbocycles. The number of aliphatic hydroxyl groups is 1. The lowest BCUT2D eigenvalue weighted by molar-refractivity contribution is -0.141. The van der Waals surface area contributed by atoms with E-state index in [4.69, 9.17) is 9.84 Å². The minimum atomic E-state index is -1.09. The third-order valence-electron chi connectivity index (χ3n) is 3.02. The zero-order chi connectivity index (χ0) is 15.1. The first-order chi connectivity index (χ1) is 9.41. The summed E-state index contributed by atoms with van der Waals surface area (Å²) >= 11 is 0. The van der Waals surface area contributed by atoms with Gasteiger partial charge < -0.3 is 25.2 Å². The highest BCUT2D eigenvalue weighted by Gasteiger charge is 2.38. The van der Waals surface area contributed by atoms with Gasteiger partial charge in [0.05, 0.1) is 6.10 Å². The normalized spacial score (nSPS) is 22.3. The fourth-order valence-corrected chi connectivity index (χ4v) is 2.06. The first-order valence-corrected chi connectivity index (χ1v) is 6.95. The first kappa shape index (κ1) is 16.7. The van der Waals surface area contributed by atoms with Crippen molar-refractivity contribution in [3.8, 4) is 0 Å². The van der Waals surface area contributed by atoms with Crippen LogP contribution < -0.4 is 5.32 Å². The van der Waals surface area contributed by atoms with Crippen LogP contribution in [-0.4, -0.2) is 65.6 Å². The molecule has 0 unspecified atom stereocenters. The summed E-state index contributed by atoms with van der Waals surface area (Å²) in [4.78, 5) is 24.0. The molecule has 2 amide bonds. The number of nitrogens with zero attached hydrogens (tertiary/aromatic N) is 1. The second-order valence-electron chi connectivity index (χ2n) is 5.45. The average molecular weight is 288 g/mol. The number of carboxylic acid groups (broad SMARTS) is 1. The Morgan fingerprint density at radius 3 is 2.75 bits per heavy atom. The number of β-amino-alcohol motifs (C(OH)–C–C–N with tert-alkyl or cyclic N) is 1. The zero-order valence-corrected chi connectivity index (χ0v) is 12.0. The van der Waals surface area contributed by atoms with Gasteiger partial charge in [-0.15, -0.1) is 0 Å². The van der Waals surface area contributed by atoms with Gasteiger partial charge >= 0.3 is 12.0 Å². The number of aliphatic carboxylic acids is 1. The van der Waals surface area contributed by atoms with Gasteiger partial charge in [-0.2, -0.15) is 0 Å². The van der Waals surface area contributed by atoms with Gasteiger partial charge in [0.2, 0.25) is 0 Å². The summed E-state index contributed by atoms with van der Waals surface area (Å²) in [5.74, 6) is -0.607. The van der Waals surface area contributed by atoms with Gasteiger partial charge in [0, 0.05) is 32.7 Å². The van der Waals surface area contributed by atoms with E-state index in [0.29, 0.717) is 32.1 Å². The minimum absolute atomic E-state index is 0.0622. The Morgan fingerprint density at radius 1 is 1.45 bits per heavy atom. The van der Waals surface area contributed by atoms with E-state index < -0.39 is 24.1 Å². The summed E-state index contributed by atoms with van der Waals surface area (Å²) in [6.45, 7) is 5.86. The highest BCUT2D eigenvalue weighted by Crippen LogP contribution is 2.17. The second kappa shape index (κ2) is 8.06. The third-order valence-corrected chi connectivity index (χ3v) is 3.02. The van der Waals surface area contributed by atoms with E-state index in [1.807, 2.05) is 0 Å². The van der Waals surface area contributed by atoms with Crippen LogP contribution in [0.25, 0.3) is 0 Å². The number of urea groups is 1. The van der Waals surface area contributed by atoms with E-state index in [9.17, 15) is 14.7 Å². The molecule has 0 spiro atoms. The molecule has 116 valence electrons. The lowest BCUT2D eigenvalue weighted by Crippen LogP contribution is -2.46. The number of hydrogen-bond acceptors (Lipinski definition) is 4. The Hall–Kier alpha value is -1.34. The van der Waals surface area contributed by atoms with Crippen LogP contribution in [0.3, 0.4) is 0 Å². The van der Waals surface area contributed by atoms with E-state index in [1.54, 1.807) is 0 Å². The van der Waals surface area contributed by atoms with Crippen LogP contribution in [0.4, 0.5) is 4.79 Å². The summed E-state index contributed by atoms with van der Waals surface area (Å²) in [5, 5.41) is 21.1. The molecular weight excluding hydrogens is 264 g/mol. The van der Waals surface area contributed by atoms with Crippen LogP contribution in [0, 0.1) is 5.92 Å². The molecule has 1 fully saturated rings. The van der Waals surface area contributed by atoms with Crippen LogP contribution in [0.5, 0.6) is 0 Å². The maximum absolute atomic E-state index is 11.8. The van der Waals surface area contributed by atoms with Crippen molar-refractivity contribution < 1.29 is 24.5 Å². The number of hydrogen-bond donors (Lipinski definition) is 3. The molecule has 1 rings (SSSR count). The standard InChI is InChI=1S/C13H24N2O5/c1-9(2)8-20-5-3-4-14-13(19)15-7-10(16)6-11(15)12(17)18/h9-11,16H,3-8H2,1-2H3,(H,14,19)(H,17,18)/t10-,11+/m1/s1. The Balaban J connectivity index is 2.23. The number of aliphatic hydroxyl groups excluding tert-OH is 1. The van der Waals surface area contributed by atoms with Gasteiger partial charge in [0.15, 0.2) is 0 Å². The fraction of sp³-hybridized carbons (Fsp3) is 0.846. The molecule has 1 aliphatic rings. The molecule has 1 aliphatic heterocycles. The number of nitrogens with one attached hydrogen (secondary N) is 1. The second-order valence-corrected chi connectivity index (χ2v) is 5.45. The highest BCUT2D eigenvalue weighted by atomic mass is 16.5. The molecule has 0 aromatic carbocycles. The molecule has 0 saturated carbocycles. The average Bonchev–Trinajstić information content (AvgIpc) is 2.75. The molecule has 0 aromatic heterocycles. The molecule has 7 heteroatoms. The molecular formula is C13H24N2O5. The molecule has 3 N–H and O–H groups in total. The zero-order valence-electron chi connectivity index (χ0n) is 12.0. The lowest BCUT2D eigenvalue weighted by Gasteiger charge is -2.21. The Morgan fingerprint density at radius 2 is 2.15 bits per heavy atom. The van der Waals surface area contributed by atoms with Crippen LogP contribution in [0.15, 0.2) is 0 Å². The number of likely N-dealkylation sites (tertiary alicyclic amines) is 1. The summed E-state index contributed by atoms with van der Waals surface area (Å²) in [6.07, 6.45) is -0.0106. The van der Waals surface area contributed by atoms with Crippen molar-refractivity contribution in [3.05, 3.63) is 0 Å². The van der Waals surface area contributed by atoms with E-state index in [-0.39, 0.29) is 13.0 Å². The third kappa shape index (κ3) is 5.34. The van der Waals surface area contributed by atoms with Crippen molar-refractivity contribution in [2.75, 3.05) is 26.3 Å². The fourth-order valence-electron chi connectivity index (χ4n) is 2.06. The summed E-state index contributed by atoms with van der Waals surface area (Å²) in [5.41, 5.74) is 0. The Bertz CT molecular complexity index is 335. The number of ether oxygens (including phenoxy) is 1. The number of carboxylic acids is 1. The maximum atomic E-state index is 11.8. The van der Waals surface area contributed by atoms with Crippen molar-refractivity contribution in [1.29, 1.82) is 0 Å². The number of rotatable bonds is 7. The SMILES string of the molecule is CC(C)COCCCNC(=O)N1C[C@H](O)C[C@H]1C(=O)O. The molecule has 20 heavy (non-hydrogen) atoms. The first-order valence-electron chi connectivity index (χ1n) is 6.95. The lowest BCUT2D eigenvalue weighted by atomic mass is 10.2. The molecule has 0 aromatic rings. The largest absolute Gasteiger partial charge is 0.480 e. The number of amides is 2. The van der Waals surface area contributed by atoms with Gasteiger partial charge in [0.1, 0.15) is 6.04 Å². The highest BCUT2D eigenvalue weighted by molar-refractivity contribution is 5.83. The van der Waals surface area contributed by atoms with Crippen molar-refractivity contribution in [3.63, 3.8) is 0 Å². The Labute approximate surface area is 118 Å². The van der Waals surface area contributed by atoms with Crippen LogP contribution in [-0.2, 0) is 9.53 Å². The molecule has 2 atom stereocenters. The van der Waals surface area contributed by atoms with Crippen LogP contribution >= 0.6 is 0 Å². The van der Waals surface area contributed by atoms with Gasteiger partial charge in [0.25, 0.3) is 0 Å². The van der Waals surface area contributed by atoms with E-state index in [1.165, 1.54) is 4.90 Å². The van der Waals surface area contributed by atoms with Crippen molar-refractivity contribution >= 4 is 12.0 Å². The van der Waals surface area contributed by atoms with Crippen molar-refractivity contribution in [2.45, 2.75) is 38.8 Å². The maximum Gasteiger partial charge on any atom is 0.326 e. The summed E-state index contributed by atoms with van der Waals surface area (Å²) in [7, 11) is 0. The molecule has 0 radical (unpaired) electrons. The van der Waals surface area contributed by atoms with Gasteiger partial charge in [-0.25, -0.2) is 9.59 Å².